The lowest BCUT2D eigenvalue weighted by Gasteiger charge is -2.19. The standard InChI is InChI=1S/C20H21ClN2O3/c1-26-18-8-3-2-7-17(18)23-13-15(12-19(23)24)20(25)22-10-9-14-5-4-6-16(21)11-14/h2-8,11,15H,9-10,12-13H2,1H3,(H,22,25). The minimum atomic E-state index is -0.355. The van der Waals surface area contributed by atoms with Crippen LogP contribution < -0.4 is 15.0 Å². The van der Waals surface area contributed by atoms with Gasteiger partial charge in [0.2, 0.25) is 11.8 Å². The molecule has 1 aliphatic rings. The molecule has 0 aromatic heterocycles. The van der Waals surface area contributed by atoms with Gasteiger partial charge in [0.25, 0.3) is 0 Å². The molecule has 136 valence electrons. The van der Waals surface area contributed by atoms with Crippen molar-refractivity contribution < 1.29 is 14.3 Å². The Hall–Kier alpha value is -2.53. The number of ether oxygens (including phenoxy) is 1. The molecule has 1 heterocycles. The normalized spacial score (nSPS) is 16.6. The van der Waals surface area contributed by atoms with Crippen LogP contribution in [-0.2, 0) is 16.0 Å². The lowest BCUT2D eigenvalue weighted by Crippen LogP contribution is -2.34. The molecule has 1 N–H and O–H groups in total. The molecule has 1 saturated heterocycles. The number of para-hydroxylation sites is 2. The molecule has 0 aliphatic carbocycles. The number of methoxy groups -OCH3 is 1. The molecule has 1 aliphatic heterocycles. The molecule has 3 rings (SSSR count). The van der Waals surface area contributed by atoms with Crippen molar-refractivity contribution in [1.82, 2.24) is 5.32 Å². The lowest BCUT2D eigenvalue weighted by atomic mass is 10.1. The highest BCUT2D eigenvalue weighted by molar-refractivity contribution is 6.30. The summed E-state index contributed by atoms with van der Waals surface area (Å²) in [5, 5.41) is 3.60. The second-order valence-electron chi connectivity index (χ2n) is 6.25. The van der Waals surface area contributed by atoms with E-state index in [1.807, 2.05) is 42.5 Å². The number of hydrogen-bond donors (Lipinski definition) is 1. The fourth-order valence-electron chi connectivity index (χ4n) is 3.14. The van der Waals surface area contributed by atoms with Crippen molar-refractivity contribution in [3.63, 3.8) is 0 Å². The van der Waals surface area contributed by atoms with Gasteiger partial charge in [-0.15, -0.1) is 0 Å². The van der Waals surface area contributed by atoms with Crippen molar-refractivity contribution in [1.29, 1.82) is 0 Å². The van der Waals surface area contributed by atoms with Crippen LogP contribution in [0.3, 0.4) is 0 Å². The summed E-state index contributed by atoms with van der Waals surface area (Å²) < 4.78 is 5.32. The van der Waals surface area contributed by atoms with Crippen LogP contribution in [-0.4, -0.2) is 32.0 Å². The molecular weight excluding hydrogens is 352 g/mol. The highest BCUT2D eigenvalue weighted by Gasteiger charge is 2.36. The van der Waals surface area contributed by atoms with Crippen LogP contribution in [0.15, 0.2) is 48.5 Å². The fourth-order valence-corrected chi connectivity index (χ4v) is 3.35. The Kier molecular flexibility index (Phi) is 5.78. The second kappa shape index (κ2) is 8.23. The van der Waals surface area contributed by atoms with E-state index in [0.717, 1.165) is 5.56 Å². The number of nitrogens with one attached hydrogen (secondary N) is 1. The molecule has 0 radical (unpaired) electrons. The highest BCUT2D eigenvalue weighted by atomic mass is 35.5. The van der Waals surface area contributed by atoms with Crippen LogP contribution in [0, 0.1) is 5.92 Å². The molecule has 6 heteroatoms. The predicted molar refractivity (Wildman–Crippen MR) is 102 cm³/mol. The molecule has 1 unspecified atom stereocenters. The topological polar surface area (TPSA) is 58.6 Å². The van der Waals surface area contributed by atoms with E-state index >= 15 is 0 Å². The summed E-state index contributed by atoms with van der Waals surface area (Å²) in [6.07, 6.45) is 0.907. The minimum Gasteiger partial charge on any atom is -0.495 e. The molecule has 2 aromatic rings. The molecule has 0 saturated carbocycles. The van der Waals surface area contributed by atoms with Crippen LogP contribution >= 0.6 is 11.6 Å². The molecular formula is C20H21ClN2O3. The van der Waals surface area contributed by atoms with Crippen molar-refractivity contribution in [3.05, 3.63) is 59.1 Å². The third-order valence-electron chi connectivity index (χ3n) is 4.47. The van der Waals surface area contributed by atoms with E-state index in [-0.39, 0.29) is 24.2 Å². The number of nitrogens with zero attached hydrogens (tertiary/aromatic N) is 1. The molecule has 2 aromatic carbocycles. The highest BCUT2D eigenvalue weighted by Crippen LogP contribution is 2.32. The van der Waals surface area contributed by atoms with Crippen LogP contribution in [0.1, 0.15) is 12.0 Å². The number of hydrogen-bond acceptors (Lipinski definition) is 3. The van der Waals surface area contributed by atoms with Crippen molar-refractivity contribution in [3.8, 4) is 5.75 Å². The van der Waals surface area contributed by atoms with E-state index in [0.29, 0.717) is 36.0 Å². The van der Waals surface area contributed by atoms with Crippen molar-refractivity contribution in [2.24, 2.45) is 5.92 Å². The van der Waals surface area contributed by atoms with Gasteiger partial charge in [-0.2, -0.15) is 0 Å². The molecule has 1 atom stereocenters. The van der Waals surface area contributed by atoms with Crippen LogP contribution in [0.4, 0.5) is 5.69 Å². The summed E-state index contributed by atoms with van der Waals surface area (Å²) in [6.45, 7) is 0.876. The Balaban J connectivity index is 1.57. The number of rotatable bonds is 6. The summed E-state index contributed by atoms with van der Waals surface area (Å²) in [5.41, 5.74) is 1.77. The first kappa shape index (κ1) is 18.3. The lowest BCUT2D eigenvalue weighted by molar-refractivity contribution is -0.126. The van der Waals surface area contributed by atoms with Crippen LogP contribution in [0.5, 0.6) is 5.75 Å². The van der Waals surface area contributed by atoms with Gasteiger partial charge in [0.1, 0.15) is 5.75 Å². The Bertz CT molecular complexity index is 809. The van der Waals surface area contributed by atoms with Crippen molar-refractivity contribution >= 4 is 29.1 Å². The van der Waals surface area contributed by atoms with Gasteiger partial charge in [-0.25, -0.2) is 0 Å². The van der Waals surface area contributed by atoms with Gasteiger partial charge in [0.15, 0.2) is 0 Å². The van der Waals surface area contributed by atoms with Gasteiger partial charge in [0.05, 0.1) is 18.7 Å². The minimum absolute atomic E-state index is 0.0653. The quantitative estimate of drug-likeness (QED) is 0.847. The van der Waals surface area contributed by atoms with Gasteiger partial charge >= 0.3 is 0 Å². The molecule has 26 heavy (non-hydrogen) atoms. The maximum atomic E-state index is 12.4. The number of carbonyl (C=O) groups is 2. The Labute approximate surface area is 157 Å². The van der Waals surface area contributed by atoms with Crippen LogP contribution in [0.25, 0.3) is 0 Å². The first-order chi connectivity index (χ1) is 12.6. The monoisotopic (exact) mass is 372 g/mol. The maximum Gasteiger partial charge on any atom is 0.227 e. The summed E-state index contributed by atoms with van der Waals surface area (Å²) in [4.78, 5) is 26.4. The van der Waals surface area contributed by atoms with E-state index in [2.05, 4.69) is 5.32 Å². The largest absolute Gasteiger partial charge is 0.495 e. The van der Waals surface area contributed by atoms with E-state index in [9.17, 15) is 9.59 Å². The number of carbonyl (C=O) groups excluding carboxylic acids is 2. The van der Waals surface area contributed by atoms with Gasteiger partial charge in [-0.1, -0.05) is 35.9 Å². The van der Waals surface area contributed by atoms with E-state index in [1.165, 1.54) is 0 Å². The number of anilines is 1. The number of amides is 2. The maximum absolute atomic E-state index is 12.4. The predicted octanol–water partition coefficient (Wildman–Crippen LogP) is 3.06. The van der Waals surface area contributed by atoms with Crippen LogP contribution in [0.2, 0.25) is 5.02 Å². The Morgan fingerprint density at radius 3 is 2.85 bits per heavy atom. The SMILES string of the molecule is COc1ccccc1N1CC(C(=O)NCCc2cccc(Cl)c2)CC1=O. The Morgan fingerprint density at radius 1 is 1.27 bits per heavy atom. The summed E-state index contributed by atoms with van der Waals surface area (Å²) in [5.74, 6) is 0.108. The molecule has 1 fully saturated rings. The molecule has 0 bridgehead atoms. The van der Waals surface area contributed by atoms with E-state index in [1.54, 1.807) is 18.1 Å². The molecule has 2 amide bonds. The molecule has 5 nitrogen and oxygen atoms in total. The first-order valence-corrected chi connectivity index (χ1v) is 8.92. The van der Waals surface area contributed by atoms with Crippen molar-refractivity contribution in [2.75, 3.05) is 25.1 Å². The first-order valence-electron chi connectivity index (χ1n) is 8.54. The van der Waals surface area contributed by atoms with Gasteiger partial charge in [-0.05, 0) is 36.2 Å². The average molecular weight is 373 g/mol. The summed E-state index contributed by atoms with van der Waals surface area (Å²) in [6, 6.07) is 14.9. The van der Waals surface area contributed by atoms with E-state index < -0.39 is 0 Å². The van der Waals surface area contributed by atoms with Gasteiger partial charge < -0.3 is 15.0 Å². The second-order valence-corrected chi connectivity index (χ2v) is 6.68. The number of benzene rings is 2. The van der Waals surface area contributed by atoms with Gasteiger partial charge in [-0.3, -0.25) is 9.59 Å². The molecule has 0 spiro atoms. The zero-order valence-corrected chi connectivity index (χ0v) is 15.3. The zero-order valence-electron chi connectivity index (χ0n) is 14.6. The Morgan fingerprint density at radius 2 is 2.08 bits per heavy atom. The summed E-state index contributed by atoms with van der Waals surface area (Å²) in [7, 11) is 1.57. The number of halogens is 1. The third-order valence-corrected chi connectivity index (χ3v) is 4.71. The average Bonchev–Trinajstić information content (AvgIpc) is 3.03. The smallest absolute Gasteiger partial charge is 0.227 e. The third kappa shape index (κ3) is 4.17. The van der Waals surface area contributed by atoms with Gasteiger partial charge in [0, 0.05) is 24.5 Å². The van der Waals surface area contributed by atoms with E-state index in [4.69, 9.17) is 16.3 Å². The zero-order chi connectivity index (χ0) is 18.5. The summed E-state index contributed by atoms with van der Waals surface area (Å²) >= 11 is 5.96. The van der Waals surface area contributed by atoms with Crippen molar-refractivity contribution in [2.45, 2.75) is 12.8 Å². The fraction of sp³-hybridized carbons (Fsp3) is 0.300.